The Morgan fingerprint density at radius 1 is 1.16 bits per heavy atom. The topological polar surface area (TPSA) is 91.4 Å². The normalized spacial score (nSPS) is 12.2. The molecule has 1 aliphatic heterocycles. The summed E-state index contributed by atoms with van der Waals surface area (Å²) in [5, 5.41) is 6.79. The molecule has 0 aliphatic carbocycles. The van der Waals surface area contributed by atoms with Gasteiger partial charge in [-0.05, 0) is 48.5 Å². The molecule has 1 N–H and O–H groups in total. The lowest BCUT2D eigenvalue weighted by Crippen LogP contribution is -2.19. The van der Waals surface area contributed by atoms with E-state index in [-0.39, 0.29) is 29.9 Å². The third-order valence-electron chi connectivity index (χ3n) is 4.62. The Morgan fingerprint density at radius 3 is 2.90 bits per heavy atom. The fraction of sp³-hybridized carbons (Fsp3) is 0.0952. The van der Waals surface area contributed by atoms with E-state index in [0.29, 0.717) is 28.6 Å². The van der Waals surface area contributed by atoms with Gasteiger partial charge in [0.05, 0.1) is 5.69 Å². The van der Waals surface area contributed by atoms with Gasteiger partial charge in [0.25, 0.3) is 5.89 Å². The van der Waals surface area contributed by atoms with E-state index in [1.54, 1.807) is 41.1 Å². The minimum Gasteiger partial charge on any atom is -0.454 e. The summed E-state index contributed by atoms with van der Waals surface area (Å²) < 4.78 is 31.6. The fourth-order valence-corrected chi connectivity index (χ4v) is 3.32. The molecule has 1 aliphatic rings. The molecule has 0 fully saturated rings. The number of hydrogen-bond donors (Lipinski definition) is 1. The van der Waals surface area contributed by atoms with Gasteiger partial charge in [-0.3, -0.25) is 4.79 Å². The van der Waals surface area contributed by atoms with E-state index >= 15 is 0 Å². The molecule has 0 atom stereocenters. The molecule has 0 radical (unpaired) electrons. The van der Waals surface area contributed by atoms with Crippen molar-refractivity contribution in [2.75, 3.05) is 12.1 Å². The molecular formula is C21H14ClFN4O4. The molecule has 2 aromatic heterocycles. The molecule has 0 saturated carbocycles. The van der Waals surface area contributed by atoms with Gasteiger partial charge in [-0.1, -0.05) is 16.8 Å². The summed E-state index contributed by atoms with van der Waals surface area (Å²) in [5.74, 6) is 0.840. The van der Waals surface area contributed by atoms with Crippen LogP contribution in [-0.4, -0.2) is 27.4 Å². The van der Waals surface area contributed by atoms with Crippen LogP contribution in [0.2, 0.25) is 5.02 Å². The van der Waals surface area contributed by atoms with Crippen LogP contribution < -0.4 is 14.8 Å². The highest BCUT2D eigenvalue weighted by atomic mass is 35.5. The lowest BCUT2D eigenvalue weighted by molar-refractivity contribution is -0.116. The van der Waals surface area contributed by atoms with Crippen LogP contribution in [0.3, 0.4) is 0 Å². The number of ether oxygens (including phenoxy) is 2. The second-order valence-corrected chi connectivity index (χ2v) is 7.12. The van der Waals surface area contributed by atoms with Crippen LogP contribution in [0.1, 0.15) is 0 Å². The number of amides is 1. The Balaban J connectivity index is 1.34. The smallest absolute Gasteiger partial charge is 0.274 e. The first-order chi connectivity index (χ1) is 15.1. The van der Waals surface area contributed by atoms with Gasteiger partial charge in [-0.25, -0.2) is 4.39 Å². The number of anilines is 1. The summed E-state index contributed by atoms with van der Waals surface area (Å²) in [6.07, 6.45) is 1.69. The van der Waals surface area contributed by atoms with Crippen LogP contribution in [0.15, 0.2) is 59.3 Å². The molecule has 2 aromatic carbocycles. The number of carbonyl (C=O) groups is 1. The first-order valence-corrected chi connectivity index (χ1v) is 9.59. The van der Waals surface area contributed by atoms with Crippen molar-refractivity contribution in [2.45, 2.75) is 6.54 Å². The Labute approximate surface area is 180 Å². The Bertz CT molecular complexity index is 1290. The second-order valence-electron chi connectivity index (χ2n) is 6.68. The minimum absolute atomic E-state index is 0.0472. The third-order valence-corrected chi connectivity index (χ3v) is 4.86. The number of nitrogens with one attached hydrogen (secondary N) is 1. The molecule has 1 amide bonds. The maximum atomic E-state index is 13.9. The number of halogens is 2. The standard InChI is InChI=1S/C21H14ClFN4O4/c22-13-4-5-15(14(23)9-13)24-19(28)10-27-7-1-2-16(27)21-25-20(26-31-21)12-3-6-17-18(8-12)30-11-29-17/h1-9H,10-11H2,(H,24,28). The van der Waals surface area contributed by atoms with E-state index in [1.807, 2.05) is 0 Å². The summed E-state index contributed by atoms with van der Waals surface area (Å²) in [5.41, 5.74) is 1.30. The molecule has 0 spiro atoms. The van der Waals surface area contributed by atoms with Crippen LogP contribution in [0.5, 0.6) is 11.5 Å². The Hall–Kier alpha value is -3.85. The highest BCUT2D eigenvalue weighted by Crippen LogP contribution is 2.35. The van der Waals surface area contributed by atoms with E-state index in [0.717, 1.165) is 6.07 Å². The van der Waals surface area contributed by atoms with Crippen LogP contribution >= 0.6 is 11.6 Å². The van der Waals surface area contributed by atoms with Crippen molar-refractivity contribution in [3.05, 3.63) is 65.6 Å². The van der Waals surface area contributed by atoms with Crippen molar-refractivity contribution in [3.63, 3.8) is 0 Å². The summed E-state index contributed by atoms with van der Waals surface area (Å²) in [6.45, 7) is 0.0952. The first-order valence-electron chi connectivity index (χ1n) is 9.21. The maximum Gasteiger partial charge on any atom is 0.274 e. The molecule has 3 heterocycles. The van der Waals surface area contributed by atoms with E-state index in [1.165, 1.54) is 12.1 Å². The van der Waals surface area contributed by atoms with Crippen LogP contribution in [0.25, 0.3) is 23.0 Å². The van der Waals surface area contributed by atoms with Gasteiger partial charge < -0.3 is 23.9 Å². The van der Waals surface area contributed by atoms with E-state index in [9.17, 15) is 9.18 Å². The first kappa shape index (κ1) is 19.1. The SMILES string of the molecule is O=C(Cn1cccc1-c1nc(-c2ccc3c(c2)OCO3)no1)Nc1ccc(Cl)cc1F. The number of hydrogen-bond acceptors (Lipinski definition) is 6. The van der Waals surface area contributed by atoms with E-state index in [4.69, 9.17) is 25.6 Å². The quantitative estimate of drug-likeness (QED) is 0.495. The van der Waals surface area contributed by atoms with Crippen molar-refractivity contribution >= 4 is 23.2 Å². The number of fused-ring (bicyclic) bond motifs is 1. The summed E-state index contributed by atoms with van der Waals surface area (Å²) in [4.78, 5) is 16.8. The molecule has 4 aromatic rings. The van der Waals surface area contributed by atoms with Crippen LogP contribution in [0.4, 0.5) is 10.1 Å². The van der Waals surface area contributed by atoms with Gasteiger partial charge in [-0.2, -0.15) is 4.98 Å². The number of benzene rings is 2. The van der Waals surface area contributed by atoms with Gasteiger partial charge in [0.1, 0.15) is 18.1 Å². The summed E-state index contributed by atoms with van der Waals surface area (Å²) in [7, 11) is 0. The van der Waals surface area contributed by atoms with Gasteiger partial charge in [0, 0.05) is 16.8 Å². The third kappa shape index (κ3) is 3.82. The predicted molar refractivity (Wildman–Crippen MR) is 109 cm³/mol. The van der Waals surface area contributed by atoms with Crippen molar-refractivity contribution in [2.24, 2.45) is 0 Å². The fourth-order valence-electron chi connectivity index (χ4n) is 3.16. The number of carbonyl (C=O) groups excluding carboxylic acids is 1. The highest BCUT2D eigenvalue weighted by Gasteiger charge is 2.19. The van der Waals surface area contributed by atoms with Crippen molar-refractivity contribution in [1.82, 2.24) is 14.7 Å². The van der Waals surface area contributed by atoms with Gasteiger partial charge in [0.2, 0.25) is 18.5 Å². The van der Waals surface area contributed by atoms with Crippen molar-refractivity contribution < 1.29 is 23.2 Å². The predicted octanol–water partition coefficient (Wildman–Crippen LogP) is 4.37. The number of rotatable bonds is 5. The average molecular weight is 441 g/mol. The van der Waals surface area contributed by atoms with Crippen molar-refractivity contribution in [3.8, 4) is 34.5 Å². The largest absolute Gasteiger partial charge is 0.454 e. The molecular weight excluding hydrogens is 427 g/mol. The lowest BCUT2D eigenvalue weighted by atomic mass is 10.2. The Kier molecular flexibility index (Phi) is 4.79. The molecule has 5 rings (SSSR count). The Morgan fingerprint density at radius 2 is 2.03 bits per heavy atom. The van der Waals surface area contributed by atoms with Crippen LogP contribution in [-0.2, 0) is 11.3 Å². The number of aromatic nitrogens is 3. The van der Waals surface area contributed by atoms with Crippen LogP contribution in [0, 0.1) is 5.82 Å². The molecule has 8 nitrogen and oxygen atoms in total. The minimum atomic E-state index is -0.612. The molecule has 10 heteroatoms. The monoisotopic (exact) mass is 440 g/mol. The second kappa shape index (κ2) is 7.77. The van der Waals surface area contributed by atoms with Gasteiger partial charge in [-0.15, -0.1) is 0 Å². The molecule has 156 valence electrons. The maximum absolute atomic E-state index is 13.9. The van der Waals surface area contributed by atoms with Crippen molar-refractivity contribution in [1.29, 1.82) is 0 Å². The van der Waals surface area contributed by atoms with Gasteiger partial charge >= 0.3 is 0 Å². The summed E-state index contributed by atoms with van der Waals surface area (Å²) >= 11 is 5.74. The average Bonchev–Trinajstić information content (AvgIpc) is 3.49. The molecule has 31 heavy (non-hydrogen) atoms. The lowest BCUT2D eigenvalue weighted by Gasteiger charge is -2.09. The molecule has 0 bridgehead atoms. The molecule has 0 saturated heterocycles. The highest BCUT2D eigenvalue weighted by molar-refractivity contribution is 6.30. The zero-order valence-corrected chi connectivity index (χ0v) is 16.6. The summed E-state index contributed by atoms with van der Waals surface area (Å²) in [6, 6.07) is 12.9. The van der Waals surface area contributed by atoms with Gasteiger partial charge in [0.15, 0.2) is 11.5 Å². The molecule has 0 unspecified atom stereocenters. The zero-order chi connectivity index (χ0) is 21.4. The van der Waals surface area contributed by atoms with E-state index < -0.39 is 11.7 Å². The van der Waals surface area contributed by atoms with E-state index in [2.05, 4.69) is 15.5 Å². The number of nitrogens with zero attached hydrogens (tertiary/aromatic N) is 3. The zero-order valence-electron chi connectivity index (χ0n) is 15.8.